The Balaban J connectivity index is 1.35. The summed E-state index contributed by atoms with van der Waals surface area (Å²) in [5.74, 6) is 0.119. The Bertz CT molecular complexity index is 2360. The van der Waals surface area contributed by atoms with Crippen LogP contribution in [-0.2, 0) is 16.1 Å². The number of amides is 2. The normalized spacial score (nSPS) is 15.1. The summed E-state index contributed by atoms with van der Waals surface area (Å²) in [7, 11) is 1.45. The van der Waals surface area contributed by atoms with Gasteiger partial charge in [0.2, 0.25) is 11.8 Å². The molecule has 13 heteroatoms. The maximum Gasteiger partial charge on any atom is 0.410 e. The SMILES string of the molecule is COc1nc(-c2cccc(-c3cccc(-c4ccn5c(=O)c(CN(C(=O)OC(C)(C)C)[C@H](C6CCC(=O)N6)C(C)(C)C)cnc5c4)c3Cl)c2Cl)ccc1C=O. The van der Waals surface area contributed by atoms with Gasteiger partial charge in [0.25, 0.3) is 5.56 Å². The summed E-state index contributed by atoms with van der Waals surface area (Å²) in [6.45, 7) is 11.3. The third-order valence-electron chi connectivity index (χ3n) is 9.47. The Hall–Kier alpha value is -5.26. The van der Waals surface area contributed by atoms with E-state index in [-0.39, 0.29) is 35.5 Å². The van der Waals surface area contributed by atoms with Gasteiger partial charge in [-0.2, -0.15) is 0 Å². The fourth-order valence-electron chi connectivity index (χ4n) is 7.09. The third-order valence-corrected chi connectivity index (χ3v) is 10.3. The number of halogens is 2. The lowest BCUT2D eigenvalue weighted by molar-refractivity contribution is -0.119. The second-order valence-corrected chi connectivity index (χ2v) is 16.4. The minimum atomic E-state index is -0.786. The number of carbonyl (C=O) groups excluding carboxylic acids is 3. The Morgan fingerprint density at radius 3 is 2.24 bits per heavy atom. The average Bonchev–Trinajstić information content (AvgIpc) is 3.55. The smallest absolute Gasteiger partial charge is 0.410 e. The number of rotatable bonds is 9. The van der Waals surface area contributed by atoms with Crippen LogP contribution in [0.3, 0.4) is 0 Å². The predicted molar refractivity (Wildman–Crippen MR) is 214 cm³/mol. The molecule has 4 heterocycles. The van der Waals surface area contributed by atoms with Crippen molar-refractivity contribution < 1.29 is 23.9 Å². The number of ether oxygens (including phenoxy) is 2. The van der Waals surface area contributed by atoms with Crippen molar-refractivity contribution in [3.63, 3.8) is 0 Å². The van der Waals surface area contributed by atoms with E-state index >= 15 is 0 Å². The molecule has 11 nitrogen and oxygen atoms in total. The number of benzene rings is 2. The zero-order valence-electron chi connectivity index (χ0n) is 31.8. The number of hydrogen-bond acceptors (Lipinski definition) is 8. The lowest BCUT2D eigenvalue weighted by atomic mass is 9.80. The number of carbonyl (C=O) groups is 3. The van der Waals surface area contributed by atoms with Crippen molar-refractivity contribution in [1.29, 1.82) is 0 Å². The minimum absolute atomic E-state index is 0.0724. The molecule has 0 radical (unpaired) electrons. The molecule has 0 saturated carbocycles. The molecule has 286 valence electrons. The molecule has 1 unspecified atom stereocenters. The van der Waals surface area contributed by atoms with Crippen molar-refractivity contribution in [1.82, 2.24) is 24.6 Å². The molecule has 1 N–H and O–H groups in total. The fourth-order valence-corrected chi connectivity index (χ4v) is 7.75. The third kappa shape index (κ3) is 8.23. The molecule has 0 aliphatic carbocycles. The molecule has 55 heavy (non-hydrogen) atoms. The van der Waals surface area contributed by atoms with Crippen LogP contribution >= 0.6 is 23.2 Å². The quantitative estimate of drug-likeness (QED) is 0.147. The highest BCUT2D eigenvalue weighted by Gasteiger charge is 2.43. The van der Waals surface area contributed by atoms with Crippen molar-refractivity contribution in [3.8, 4) is 39.4 Å². The van der Waals surface area contributed by atoms with Crippen LogP contribution in [0.4, 0.5) is 4.79 Å². The van der Waals surface area contributed by atoms with Crippen molar-refractivity contribution in [2.45, 2.75) is 78.6 Å². The van der Waals surface area contributed by atoms with E-state index in [4.69, 9.17) is 32.7 Å². The molecule has 2 aromatic carbocycles. The van der Waals surface area contributed by atoms with Gasteiger partial charge in [-0.1, -0.05) is 80.4 Å². The highest BCUT2D eigenvalue weighted by Crippen LogP contribution is 2.42. The number of pyridine rings is 2. The largest absolute Gasteiger partial charge is 0.480 e. The van der Waals surface area contributed by atoms with Gasteiger partial charge in [-0.3, -0.25) is 23.7 Å². The van der Waals surface area contributed by atoms with Crippen molar-refractivity contribution in [2.24, 2.45) is 5.41 Å². The van der Waals surface area contributed by atoms with Crippen LogP contribution in [0.5, 0.6) is 5.88 Å². The van der Waals surface area contributed by atoms with E-state index in [0.717, 1.165) is 5.56 Å². The van der Waals surface area contributed by atoms with Gasteiger partial charge >= 0.3 is 6.09 Å². The van der Waals surface area contributed by atoms with E-state index in [1.54, 1.807) is 56.1 Å². The first-order valence-electron chi connectivity index (χ1n) is 17.9. The zero-order chi connectivity index (χ0) is 39.8. The Labute approximate surface area is 329 Å². The number of hydrogen-bond donors (Lipinski definition) is 1. The van der Waals surface area contributed by atoms with Gasteiger partial charge in [0.15, 0.2) is 6.29 Å². The molecule has 3 aromatic heterocycles. The first-order valence-corrected chi connectivity index (χ1v) is 18.6. The molecule has 5 aromatic rings. The molecular weight excluding hydrogens is 741 g/mol. The second-order valence-electron chi connectivity index (χ2n) is 15.6. The molecule has 2 atom stereocenters. The summed E-state index contributed by atoms with van der Waals surface area (Å²) in [4.78, 5) is 62.3. The number of aldehydes is 1. The van der Waals surface area contributed by atoms with Gasteiger partial charge in [0.1, 0.15) is 11.2 Å². The Kier molecular flexibility index (Phi) is 11.1. The molecule has 1 fully saturated rings. The lowest BCUT2D eigenvalue weighted by Crippen LogP contribution is -2.57. The number of nitrogens with zero attached hydrogens (tertiary/aromatic N) is 4. The maximum atomic E-state index is 14.0. The number of fused-ring (bicyclic) bond motifs is 1. The first kappa shape index (κ1) is 39.4. The lowest BCUT2D eigenvalue weighted by Gasteiger charge is -2.43. The van der Waals surface area contributed by atoms with E-state index in [1.807, 2.05) is 57.2 Å². The summed E-state index contributed by atoms with van der Waals surface area (Å²) in [5, 5.41) is 3.88. The summed E-state index contributed by atoms with van der Waals surface area (Å²) in [6.07, 6.45) is 4.14. The number of methoxy groups -OCH3 is 1. The van der Waals surface area contributed by atoms with Gasteiger partial charge < -0.3 is 14.8 Å². The van der Waals surface area contributed by atoms with Gasteiger partial charge in [-0.15, -0.1) is 0 Å². The first-order chi connectivity index (χ1) is 26.0. The van der Waals surface area contributed by atoms with E-state index in [9.17, 15) is 19.2 Å². The monoisotopic (exact) mass is 783 g/mol. The second kappa shape index (κ2) is 15.5. The number of aromatic nitrogens is 3. The Morgan fingerprint density at radius 1 is 0.982 bits per heavy atom. The summed E-state index contributed by atoms with van der Waals surface area (Å²) < 4.78 is 12.6. The van der Waals surface area contributed by atoms with Crippen LogP contribution in [0.25, 0.3) is 39.2 Å². The highest BCUT2D eigenvalue weighted by atomic mass is 35.5. The molecule has 1 saturated heterocycles. The standard InChI is InChI=1S/C42H43Cl2N5O6/c1-41(2,3)37(32-16-17-34(51)46-32)49(40(53)55-42(4,5)6)22-26-21-45-33-20-24(18-19-48(33)39(26)52)27-10-8-11-28(35(27)43)29-12-9-13-30(36(29)44)31-15-14-25(23-50)38(47-31)54-7/h8-15,18-21,23,32,37H,16-17,22H2,1-7H3,(H,46,51)/t32?,37-/m1/s1. The van der Waals surface area contributed by atoms with Crippen molar-refractivity contribution >= 4 is 47.1 Å². The maximum absolute atomic E-state index is 14.0. The number of nitrogens with one attached hydrogen (secondary N) is 1. The van der Waals surface area contributed by atoms with Crippen molar-refractivity contribution in [2.75, 3.05) is 7.11 Å². The van der Waals surface area contributed by atoms with Crippen LogP contribution in [0.15, 0.2) is 77.9 Å². The Morgan fingerprint density at radius 2 is 1.64 bits per heavy atom. The van der Waals surface area contributed by atoms with E-state index < -0.39 is 23.2 Å². The van der Waals surface area contributed by atoms with E-state index in [1.165, 1.54) is 17.7 Å². The summed E-state index contributed by atoms with van der Waals surface area (Å²) in [6, 6.07) is 17.3. The summed E-state index contributed by atoms with van der Waals surface area (Å²) in [5.41, 5.74) is 3.32. The van der Waals surface area contributed by atoms with Crippen LogP contribution in [-0.4, -0.2) is 62.3 Å². The van der Waals surface area contributed by atoms with Crippen LogP contribution in [0.1, 0.15) is 70.3 Å². The molecule has 6 rings (SSSR count). The average molecular weight is 785 g/mol. The highest BCUT2D eigenvalue weighted by molar-refractivity contribution is 6.39. The molecule has 1 aliphatic heterocycles. The molecule has 0 bridgehead atoms. The van der Waals surface area contributed by atoms with Gasteiger partial charge in [-0.05, 0) is 62.4 Å². The van der Waals surface area contributed by atoms with Crippen molar-refractivity contribution in [3.05, 3.63) is 105 Å². The molecule has 1 aliphatic rings. The molecule has 0 spiro atoms. The fraction of sp³-hybridized carbons (Fsp3) is 0.333. The van der Waals surface area contributed by atoms with Gasteiger partial charge in [0, 0.05) is 41.1 Å². The summed E-state index contributed by atoms with van der Waals surface area (Å²) >= 11 is 14.1. The predicted octanol–water partition coefficient (Wildman–Crippen LogP) is 8.65. The van der Waals surface area contributed by atoms with Gasteiger partial charge in [0.05, 0.1) is 52.6 Å². The van der Waals surface area contributed by atoms with Crippen LogP contribution < -0.4 is 15.6 Å². The molecular formula is C42H43Cl2N5O6. The van der Waals surface area contributed by atoms with Gasteiger partial charge in [-0.25, -0.2) is 14.8 Å². The minimum Gasteiger partial charge on any atom is -0.480 e. The van der Waals surface area contributed by atoms with Crippen LogP contribution in [0, 0.1) is 5.41 Å². The van der Waals surface area contributed by atoms with E-state index in [2.05, 4.69) is 15.3 Å². The zero-order valence-corrected chi connectivity index (χ0v) is 33.3. The molecule has 2 amide bonds. The van der Waals surface area contributed by atoms with Crippen LogP contribution in [0.2, 0.25) is 10.0 Å². The topological polar surface area (TPSA) is 132 Å². The van der Waals surface area contributed by atoms with E-state index in [0.29, 0.717) is 68.3 Å².